The normalized spacial score (nSPS) is 10.7. The molecule has 0 N–H and O–H groups in total. The summed E-state index contributed by atoms with van der Waals surface area (Å²) in [5.74, 6) is 1.64. The van der Waals surface area contributed by atoms with Crippen molar-refractivity contribution in [3.05, 3.63) is 66.0 Å². The molecule has 0 saturated carbocycles. The van der Waals surface area contributed by atoms with Gasteiger partial charge in [0, 0.05) is 18.1 Å². The number of benzene rings is 1. The van der Waals surface area contributed by atoms with Crippen molar-refractivity contribution < 1.29 is 0 Å². The van der Waals surface area contributed by atoms with E-state index in [0.717, 1.165) is 16.6 Å². The Morgan fingerprint density at radius 2 is 1.95 bits per heavy atom. The molecule has 2 heterocycles. The van der Waals surface area contributed by atoms with Crippen molar-refractivity contribution in [1.82, 2.24) is 20.0 Å². The zero-order valence-corrected chi connectivity index (χ0v) is 11.9. The van der Waals surface area contributed by atoms with E-state index in [1.54, 1.807) is 22.6 Å². The molecule has 3 aromatic rings. The molecule has 0 aliphatic carbocycles. The second-order valence-electron chi connectivity index (χ2n) is 4.40. The van der Waals surface area contributed by atoms with Crippen LogP contribution in [-0.4, -0.2) is 20.0 Å². The molecule has 2 aromatic heterocycles. The SMILES string of the molecule is Cc1ccccc1CSc1ccc(-n2cccn2)nn1. The quantitative estimate of drug-likeness (QED) is 0.689. The zero-order chi connectivity index (χ0) is 13.8. The minimum Gasteiger partial charge on any atom is -0.221 e. The third-order valence-corrected chi connectivity index (χ3v) is 3.97. The van der Waals surface area contributed by atoms with Gasteiger partial charge >= 0.3 is 0 Å². The summed E-state index contributed by atoms with van der Waals surface area (Å²) < 4.78 is 1.70. The monoisotopic (exact) mass is 282 g/mol. The molecular weight excluding hydrogens is 268 g/mol. The highest BCUT2D eigenvalue weighted by Gasteiger charge is 2.03. The van der Waals surface area contributed by atoms with Gasteiger partial charge in [0.25, 0.3) is 0 Å². The van der Waals surface area contributed by atoms with Gasteiger partial charge in [0.05, 0.1) is 0 Å². The van der Waals surface area contributed by atoms with Gasteiger partial charge in [-0.05, 0) is 36.2 Å². The maximum absolute atomic E-state index is 4.23. The van der Waals surface area contributed by atoms with Gasteiger partial charge in [-0.1, -0.05) is 36.0 Å². The highest BCUT2D eigenvalue weighted by Crippen LogP contribution is 2.22. The van der Waals surface area contributed by atoms with Crippen LogP contribution >= 0.6 is 11.8 Å². The van der Waals surface area contributed by atoms with E-state index in [4.69, 9.17) is 0 Å². The molecule has 0 unspecified atom stereocenters. The Morgan fingerprint density at radius 3 is 2.65 bits per heavy atom. The van der Waals surface area contributed by atoms with Crippen LogP contribution in [-0.2, 0) is 5.75 Å². The van der Waals surface area contributed by atoms with E-state index in [0.29, 0.717) is 0 Å². The van der Waals surface area contributed by atoms with E-state index in [1.165, 1.54) is 11.1 Å². The molecule has 20 heavy (non-hydrogen) atoms. The third kappa shape index (κ3) is 2.88. The van der Waals surface area contributed by atoms with Crippen molar-refractivity contribution in [3.8, 4) is 5.82 Å². The standard InChI is InChI=1S/C15H14N4S/c1-12-5-2-3-6-13(12)11-20-15-8-7-14(17-18-15)19-10-4-9-16-19/h2-10H,11H2,1H3. The summed E-state index contributed by atoms with van der Waals surface area (Å²) in [5.41, 5.74) is 2.64. The molecular formula is C15H14N4S. The van der Waals surface area contributed by atoms with Gasteiger partial charge in [0.15, 0.2) is 5.82 Å². The van der Waals surface area contributed by atoms with Crippen molar-refractivity contribution in [1.29, 1.82) is 0 Å². The zero-order valence-electron chi connectivity index (χ0n) is 11.1. The van der Waals surface area contributed by atoms with Crippen molar-refractivity contribution >= 4 is 11.8 Å². The molecule has 5 heteroatoms. The van der Waals surface area contributed by atoms with Crippen LogP contribution in [0.25, 0.3) is 5.82 Å². The van der Waals surface area contributed by atoms with Gasteiger partial charge in [0.2, 0.25) is 0 Å². The first-order valence-corrected chi connectivity index (χ1v) is 7.32. The van der Waals surface area contributed by atoms with Crippen LogP contribution in [0.1, 0.15) is 11.1 Å². The Kier molecular flexibility index (Phi) is 3.78. The fraction of sp³-hybridized carbons (Fsp3) is 0.133. The maximum Gasteiger partial charge on any atom is 0.175 e. The number of hydrogen-bond donors (Lipinski definition) is 0. The molecule has 4 nitrogen and oxygen atoms in total. The fourth-order valence-electron chi connectivity index (χ4n) is 1.84. The summed E-state index contributed by atoms with van der Waals surface area (Å²) in [7, 11) is 0. The molecule has 0 radical (unpaired) electrons. The predicted molar refractivity (Wildman–Crippen MR) is 79.9 cm³/mol. The first-order chi connectivity index (χ1) is 9.83. The predicted octanol–water partition coefficient (Wildman–Crippen LogP) is 3.26. The molecule has 0 spiro atoms. The average molecular weight is 282 g/mol. The summed E-state index contributed by atoms with van der Waals surface area (Å²) in [6.45, 7) is 2.13. The molecule has 0 atom stereocenters. The molecule has 3 rings (SSSR count). The molecule has 0 amide bonds. The Bertz CT molecular complexity index is 677. The van der Waals surface area contributed by atoms with E-state index < -0.39 is 0 Å². The molecule has 0 aliphatic heterocycles. The second-order valence-corrected chi connectivity index (χ2v) is 5.39. The van der Waals surface area contributed by atoms with Gasteiger partial charge in [-0.15, -0.1) is 10.2 Å². The van der Waals surface area contributed by atoms with Gasteiger partial charge in [0.1, 0.15) is 5.03 Å². The number of thioether (sulfide) groups is 1. The number of aromatic nitrogens is 4. The first-order valence-electron chi connectivity index (χ1n) is 6.34. The molecule has 100 valence electrons. The molecule has 0 bridgehead atoms. The highest BCUT2D eigenvalue weighted by atomic mass is 32.2. The Labute approximate surface area is 121 Å². The summed E-state index contributed by atoms with van der Waals surface area (Å²) in [4.78, 5) is 0. The Hall–Kier alpha value is -2.14. The first kappa shape index (κ1) is 12.9. The maximum atomic E-state index is 4.23. The minimum atomic E-state index is 0.732. The lowest BCUT2D eigenvalue weighted by molar-refractivity contribution is 0.792. The summed E-state index contributed by atoms with van der Waals surface area (Å²) >= 11 is 1.69. The van der Waals surface area contributed by atoms with Crippen LogP contribution in [0.2, 0.25) is 0 Å². The van der Waals surface area contributed by atoms with Crippen LogP contribution in [0, 0.1) is 6.92 Å². The second kappa shape index (κ2) is 5.88. The van der Waals surface area contributed by atoms with E-state index in [1.807, 2.05) is 24.4 Å². The van der Waals surface area contributed by atoms with Crippen molar-refractivity contribution in [2.24, 2.45) is 0 Å². The highest BCUT2D eigenvalue weighted by molar-refractivity contribution is 7.98. The van der Waals surface area contributed by atoms with Gasteiger partial charge < -0.3 is 0 Å². The minimum absolute atomic E-state index is 0.732. The van der Waals surface area contributed by atoms with Crippen molar-refractivity contribution in [3.63, 3.8) is 0 Å². The molecule has 0 fully saturated rings. The van der Waals surface area contributed by atoms with Crippen LogP contribution in [0.5, 0.6) is 0 Å². The van der Waals surface area contributed by atoms with Crippen LogP contribution in [0.15, 0.2) is 59.9 Å². The Balaban J connectivity index is 1.68. The Morgan fingerprint density at radius 1 is 1.05 bits per heavy atom. The topological polar surface area (TPSA) is 43.6 Å². The summed E-state index contributed by atoms with van der Waals surface area (Å²) in [6, 6.07) is 14.2. The number of nitrogens with zero attached hydrogens (tertiary/aromatic N) is 4. The van der Waals surface area contributed by atoms with Crippen molar-refractivity contribution in [2.75, 3.05) is 0 Å². The van der Waals surface area contributed by atoms with Crippen LogP contribution in [0.4, 0.5) is 0 Å². The van der Waals surface area contributed by atoms with E-state index in [-0.39, 0.29) is 0 Å². The van der Waals surface area contributed by atoms with E-state index in [2.05, 4.69) is 46.5 Å². The molecule has 0 saturated heterocycles. The van der Waals surface area contributed by atoms with E-state index >= 15 is 0 Å². The van der Waals surface area contributed by atoms with Crippen LogP contribution in [0.3, 0.4) is 0 Å². The molecule has 0 aliphatic rings. The summed E-state index contributed by atoms with van der Waals surface area (Å²) in [6.07, 6.45) is 3.58. The van der Waals surface area contributed by atoms with E-state index in [9.17, 15) is 0 Å². The third-order valence-electron chi connectivity index (χ3n) is 3.00. The summed E-state index contributed by atoms with van der Waals surface area (Å²) in [5, 5.41) is 13.5. The van der Waals surface area contributed by atoms with Crippen molar-refractivity contribution in [2.45, 2.75) is 17.7 Å². The number of rotatable bonds is 4. The van der Waals surface area contributed by atoms with Crippen LogP contribution < -0.4 is 0 Å². The molecule has 1 aromatic carbocycles. The fourth-order valence-corrected chi connectivity index (χ4v) is 2.73. The number of hydrogen-bond acceptors (Lipinski definition) is 4. The smallest absolute Gasteiger partial charge is 0.175 e. The van der Waals surface area contributed by atoms with Gasteiger partial charge in [-0.2, -0.15) is 5.10 Å². The average Bonchev–Trinajstić information content (AvgIpc) is 3.01. The number of aryl methyl sites for hydroxylation is 1. The van der Waals surface area contributed by atoms with Gasteiger partial charge in [-0.3, -0.25) is 0 Å². The lowest BCUT2D eigenvalue weighted by Gasteiger charge is -2.05. The largest absolute Gasteiger partial charge is 0.221 e. The van der Waals surface area contributed by atoms with Gasteiger partial charge in [-0.25, -0.2) is 4.68 Å². The lowest BCUT2D eigenvalue weighted by atomic mass is 10.1. The lowest BCUT2D eigenvalue weighted by Crippen LogP contribution is -1.99.